The van der Waals surface area contributed by atoms with Gasteiger partial charge >= 0.3 is 0 Å². The standard InChI is InChI=1S/C11H17Br2NS/c1-9(2)14(7-3-6-12)8-10-4-5-11(13)15-10/h4-5,9H,3,6-8H2,1-2H3. The molecule has 0 unspecified atom stereocenters. The molecule has 0 aliphatic heterocycles. The van der Waals surface area contributed by atoms with Gasteiger partial charge in [-0.2, -0.15) is 0 Å². The van der Waals surface area contributed by atoms with E-state index in [0.29, 0.717) is 6.04 Å². The second kappa shape index (κ2) is 7.05. The molecule has 0 radical (unpaired) electrons. The average Bonchev–Trinajstić information content (AvgIpc) is 2.58. The fourth-order valence-corrected chi connectivity index (χ4v) is 3.18. The Kier molecular flexibility index (Phi) is 6.43. The van der Waals surface area contributed by atoms with Gasteiger partial charge in [0.25, 0.3) is 0 Å². The van der Waals surface area contributed by atoms with Gasteiger partial charge in [-0.05, 0) is 54.9 Å². The van der Waals surface area contributed by atoms with Crippen LogP contribution in [0.5, 0.6) is 0 Å². The lowest BCUT2D eigenvalue weighted by Crippen LogP contribution is -2.31. The van der Waals surface area contributed by atoms with Crippen molar-refractivity contribution < 1.29 is 0 Å². The quantitative estimate of drug-likeness (QED) is 0.679. The van der Waals surface area contributed by atoms with E-state index < -0.39 is 0 Å². The summed E-state index contributed by atoms with van der Waals surface area (Å²) in [6.07, 6.45) is 1.21. The van der Waals surface area contributed by atoms with Crippen LogP contribution in [0.1, 0.15) is 25.1 Å². The van der Waals surface area contributed by atoms with Crippen LogP contribution >= 0.6 is 43.2 Å². The number of rotatable bonds is 6. The normalized spacial score (nSPS) is 11.6. The van der Waals surface area contributed by atoms with Crippen molar-refractivity contribution in [2.45, 2.75) is 32.9 Å². The first-order chi connectivity index (χ1) is 7.13. The molecule has 0 bridgehead atoms. The highest BCUT2D eigenvalue weighted by molar-refractivity contribution is 9.11. The summed E-state index contributed by atoms with van der Waals surface area (Å²) in [5.41, 5.74) is 0. The Hall–Kier alpha value is 0.620. The van der Waals surface area contributed by atoms with E-state index >= 15 is 0 Å². The largest absolute Gasteiger partial charge is 0.296 e. The zero-order chi connectivity index (χ0) is 11.3. The van der Waals surface area contributed by atoms with Gasteiger partial charge in [0.05, 0.1) is 3.79 Å². The van der Waals surface area contributed by atoms with Crippen LogP contribution in [0.15, 0.2) is 15.9 Å². The topological polar surface area (TPSA) is 3.24 Å². The Morgan fingerprint density at radius 1 is 1.40 bits per heavy atom. The molecule has 0 saturated heterocycles. The van der Waals surface area contributed by atoms with Crippen LogP contribution in [0.25, 0.3) is 0 Å². The molecule has 0 N–H and O–H groups in total. The van der Waals surface area contributed by atoms with Gasteiger partial charge in [-0.25, -0.2) is 0 Å². The van der Waals surface area contributed by atoms with E-state index in [-0.39, 0.29) is 0 Å². The summed E-state index contributed by atoms with van der Waals surface area (Å²) < 4.78 is 1.22. The second-order valence-corrected chi connectivity index (χ2v) is 7.15. The number of hydrogen-bond acceptors (Lipinski definition) is 2. The van der Waals surface area contributed by atoms with Gasteiger partial charge in [0, 0.05) is 22.8 Å². The molecule has 0 spiro atoms. The monoisotopic (exact) mass is 353 g/mol. The number of hydrogen-bond donors (Lipinski definition) is 0. The predicted molar refractivity (Wildman–Crippen MR) is 76.0 cm³/mol. The fourth-order valence-electron chi connectivity index (χ4n) is 1.42. The number of alkyl halides is 1. The summed E-state index contributed by atoms with van der Waals surface area (Å²) in [5.74, 6) is 0. The van der Waals surface area contributed by atoms with E-state index in [2.05, 4.69) is 62.7 Å². The highest BCUT2D eigenvalue weighted by Crippen LogP contribution is 2.23. The van der Waals surface area contributed by atoms with Gasteiger partial charge in [-0.3, -0.25) is 4.90 Å². The van der Waals surface area contributed by atoms with Crippen molar-refractivity contribution in [2.75, 3.05) is 11.9 Å². The van der Waals surface area contributed by atoms with E-state index in [1.807, 2.05) is 11.3 Å². The fraction of sp³-hybridized carbons (Fsp3) is 0.636. The first-order valence-electron chi connectivity index (χ1n) is 5.17. The van der Waals surface area contributed by atoms with Crippen molar-refractivity contribution in [3.63, 3.8) is 0 Å². The summed E-state index contributed by atoms with van der Waals surface area (Å²) in [6, 6.07) is 4.95. The maximum Gasteiger partial charge on any atom is 0.0701 e. The van der Waals surface area contributed by atoms with Gasteiger partial charge in [0.2, 0.25) is 0 Å². The molecule has 15 heavy (non-hydrogen) atoms. The molecule has 86 valence electrons. The molecule has 0 aliphatic carbocycles. The third-order valence-electron chi connectivity index (χ3n) is 2.30. The molecular weight excluding hydrogens is 338 g/mol. The number of halogens is 2. The molecular formula is C11H17Br2NS. The van der Waals surface area contributed by atoms with E-state index in [0.717, 1.165) is 11.9 Å². The van der Waals surface area contributed by atoms with Crippen molar-refractivity contribution in [1.82, 2.24) is 4.90 Å². The Balaban J connectivity index is 2.50. The maximum absolute atomic E-state index is 3.50. The van der Waals surface area contributed by atoms with Gasteiger partial charge in [-0.15, -0.1) is 11.3 Å². The molecule has 0 saturated carbocycles. The summed E-state index contributed by atoms with van der Waals surface area (Å²) in [5, 5.41) is 1.09. The average molecular weight is 355 g/mol. The minimum Gasteiger partial charge on any atom is -0.296 e. The van der Waals surface area contributed by atoms with E-state index in [1.165, 1.54) is 21.6 Å². The summed E-state index contributed by atoms with van der Waals surface area (Å²) in [4.78, 5) is 3.95. The van der Waals surface area contributed by atoms with Crippen LogP contribution in [0.4, 0.5) is 0 Å². The molecule has 0 aromatic carbocycles. The third-order valence-corrected chi connectivity index (χ3v) is 4.47. The number of nitrogens with zero attached hydrogens (tertiary/aromatic N) is 1. The van der Waals surface area contributed by atoms with Crippen molar-refractivity contribution in [1.29, 1.82) is 0 Å². The predicted octanol–water partition coefficient (Wildman–Crippen LogP) is 4.51. The van der Waals surface area contributed by atoms with Crippen molar-refractivity contribution >= 4 is 43.2 Å². The molecule has 0 fully saturated rings. The minimum absolute atomic E-state index is 0.616. The maximum atomic E-state index is 3.50. The molecule has 1 rings (SSSR count). The summed E-state index contributed by atoms with van der Waals surface area (Å²) in [7, 11) is 0. The Morgan fingerprint density at radius 3 is 2.60 bits per heavy atom. The third kappa shape index (κ3) is 4.98. The van der Waals surface area contributed by atoms with E-state index in [4.69, 9.17) is 0 Å². The molecule has 4 heteroatoms. The molecule has 1 heterocycles. The smallest absolute Gasteiger partial charge is 0.0701 e. The lowest BCUT2D eigenvalue weighted by molar-refractivity contribution is 0.216. The SMILES string of the molecule is CC(C)N(CCCBr)Cc1ccc(Br)s1. The molecule has 0 aliphatic rings. The Morgan fingerprint density at radius 2 is 2.13 bits per heavy atom. The van der Waals surface area contributed by atoms with Crippen LogP contribution in [-0.2, 0) is 6.54 Å². The van der Waals surface area contributed by atoms with Crippen molar-refractivity contribution in [3.8, 4) is 0 Å². The van der Waals surface area contributed by atoms with Crippen molar-refractivity contribution in [2.24, 2.45) is 0 Å². The van der Waals surface area contributed by atoms with E-state index in [9.17, 15) is 0 Å². The Bertz CT molecular complexity index is 286. The lowest BCUT2D eigenvalue weighted by atomic mass is 10.3. The second-order valence-electron chi connectivity index (χ2n) is 3.81. The van der Waals surface area contributed by atoms with Crippen LogP contribution in [0.2, 0.25) is 0 Å². The summed E-state index contributed by atoms with van der Waals surface area (Å²) in [6.45, 7) is 6.76. The van der Waals surface area contributed by atoms with Gasteiger partial charge in [0.1, 0.15) is 0 Å². The molecule has 0 atom stereocenters. The first-order valence-corrected chi connectivity index (χ1v) is 7.91. The highest BCUT2D eigenvalue weighted by Gasteiger charge is 2.10. The van der Waals surface area contributed by atoms with Crippen molar-refractivity contribution in [3.05, 3.63) is 20.8 Å². The molecule has 1 nitrogen and oxygen atoms in total. The molecule has 0 amide bonds. The number of thiophene rings is 1. The molecule has 1 aromatic heterocycles. The van der Waals surface area contributed by atoms with E-state index in [1.54, 1.807) is 0 Å². The highest BCUT2D eigenvalue weighted by atomic mass is 79.9. The molecule has 1 aromatic rings. The summed E-state index contributed by atoms with van der Waals surface area (Å²) >= 11 is 8.82. The Labute approximate surface area is 113 Å². The zero-order valence-corrected chi connectivity index (χ0v) is 13.2. The van der Waals surface area contributed by atoms with Crippen LogP contribution < -0.4 is 0 Å². The van der Waals surface area contributed by atoms with Gasteiger partial charge in [0.15, 0.2) is 0 Å². The lowest BCUT2D eigenvalue weighted by Gasteiger charge is -2.25. The minimum atomic E-state index is 0.616. The first kappa shape index (κ1) is 13.7. The van der Waals surface area contributed by atoms with Crippen LogP contribution in [0, 0.1) is 0 Å². The van der Waals surface area contributed by atoms with Gasteiger partial charge in [-0.1, -0.05) is 15.9 Å². The van der Waals surface area contributed by atoms with Crippen LogP contribution in [0.3, 0.4) is 0 Å². The van der Waals surface area contributed by atoms with Crippen LogP contribution in [-0.4, -0.2) is 22.8 Å². The zero-order valence-electron chi connectivity index (χ0n) is 9.17. The van der Waals surface area contributed by atoms with Gasteiger partial charge < -0.3 is 0 Å².